The zero-order chi connectivity index (χ0) is 17.7. The highest BCUT2D eigenvalue weighted by molar-refractivity contribution is 9.10. The SMILES string of the molecule is CC(C)C(=O)Nc1ccc(C(=O)NNC(=O)c2ccc(Br)o2)cc1. The van der Waals surface area contributed by atoms with E-state index in [1.54, 1.807) is 44.2 Å². The second-order valence-corrected chi connectivity index (χ2v) is 6.01. The Balaban J connectivity index is 1.90. The molecule has 2 rings (SSSR count). The van der Waals surface area contributed by atoms with Gasteiger partial charge < -0.3 is 9.73 Å². The van der Waals surface area contributed by atoms with E-state index in [1.807, 2.05) is 0 Å². The third kappa shape index (κ3) is 4.69. The summed E-state index contributed by atoms with van der Waals surface area (Å²) < 4.78 is 5.48. The molecule has 24 heavy (non-hydrogen) atoms. The van der Waals surface area contributed by atoms with Crippen LogP contribution in [0.15, 0.2) is 45.5 Å². The van der Waals surface area contributed by atoms with E-state index < -0.39 is 11.8 Å². The molecule has 7 nitrogen and oxygen atoms in total. The summed E-state index contributed by atoms with van der Waals surface area (Å²) >= 11 is 3.09. The van der Waals surface area contributed by atoms with Crippen molar-refractivity contribution in [3.8, 4) is 0 Å². The Morgan fingerprint density at radius 2 is 1.58 bits per heavy atom. The molecule has 0 unspecified atom stereocenters. The van der Waals surface area contributed by atoms with E-state index in [2.05, 4.69) is 32.1 Å². The van der Waals surface area contributed by atoms with E-state index >= 15 is 0 Å². The van der Waals surface area contributed by atoms with Crippen LogP contribution in [0.4, 0.5) is 5.69 Å². The number of hydrazine groups is 1. The monoisotopic (exact) mass is 393 g/mol. The third-order valence-corrected chi connectivity index (χ3v) is 3.45. The molecule has 1 aromatic heterocycles. The molecule has 8 heteroatoms. The van der Waals surface area contributed by atoms with Crippen LogP contribution < -0.4 is 16.2 Å². The fraction of sp³-hybridized carbons (Fsp3) is 0.188. The molecular formula is C16H16BrN3O4. The Hall–Kier alpha value is -2.61. The first-order valence-electron chi connectivity index (χ1n) is 7.14. The lowest BCUT2D eigenvalue weighted by Gasteiger charge is -2.09. The van der Waals surface area contributed by atoms with Crippen molar-refractivity contribution in [1.29, 1.82) is 0 Å². The first kappa shape index (κ1) is 17.7. The van der Waals surface area contributed by atoms with Gasteiger partial charge in [-0.15, -0.1) is 0 Å². The maximum Gasteiger partial charge on any atom is 0.305 e. The summed E-state index contributed by atoms with van der Waals surface area (Å²) in [6.45, 7) is 3.58. The van der Waals surface area contributed by atoms with Crippen LogP contribution in [-0.2, 0) is 4.79 Å². The average molecular weight is 394 g/mol. The summed E-state index contributed by atoms with van der Waals surface area (Å²) in [7, 11) is 0. The number of anilines is 1. The molecule has 0 aliphatic heterocycles. The largest absolute Gasteiger partial charge is 0.444 e. The predicted octanol–water partition coefficient (Wildman–Crippen LogP) is 2.71. The third-order valence-electron chi connectivity index (χ3n) is 3.03. The number of rotatable bonds is 4. The van der Waals surface area contributed by atoms with Crippen molar-refractivity contribution in [3.05, 3.63) is 52.4 Å². The van der Waals surface area contributed by atoms with Crippen molar-refractivity contribution in [3.63, 3.8) is 0 Å². The molecule has 0 aliphatic carbocycles. The van der Waals surface area contributed by atoms with Crippen LogP contribution in [0.2, 0.25) is 0 Å². The molecule has 0 bridgehead atoms. The standard InChI is InChI=1S/C16H16BrN3O4/c1-9(2)14(21)18-11-5-3-10(4-6-11)15(22)19-20-16(23)12-7-8-13(17)24-12/h3-9H,1-2H3,(H,18,21)(H,19,22)(H,20,23). The minimum Gasteiger partial charge on any atom is -0.444 e. The normalized spacial score (nSPS) is 10.3. The van der Waals surface area contributed by atoms with Gasteiger partial charge in [0, 0.05) is 17.2 Å². The van der Waals surface area contributed by atoms with E-state index in [1.165, 1.54) is 6.07 Å². The molecule has 1 aromatic carbocycles. The maximum absolute atomic E-state index is 12.0. The first-order chi connectivity index (χ1) is 11.4. The average Bonchev–Trinajstić information content (AvgIpc) is 2.99. The lowest BCUT2D eigenvalue weighted by atomic mass is 10.1. The number of carbonyl (C=O) groups excluding carboxylic acids is 3. The van der Waals surface area contributed by atoms with Crippen molar-refractivity contribution in [2.24, 2.45) is 5.92 Å². The second kappa shape index (κ2) is 7.78. The Labute approximate surface area is 146 Å². The van der Waals surface area contributed by atoms with Crippen LogP contribution in [-0.4, -0.2) is 17.7 Å². The number of halogens is 1. The number of hydrogen-bond acceptors (Lipinski definition) is 4. The van der Waals surface area contributed by atoms with E-state index in [9.17, 15) is 14.4 Å². The topological polar surface area (TPSA) is 100 Å². The van der Waals surface area contributed by atoms with Crippen LogP contribution in [0.5, 0.6) is 0 Å². The lowest BCUT2D eigenvalue weighted by molar-refractivity contribution is -0.118. The summed E-state index contributed by atoms with van der Waals surface area (Å²) in [5, 5.41) is 2.72. The number of nitrogens with one attached hydrogen (secondary N) is 3. The predicted molar refractivity (Wildman–Crippen MR) is 91.3 cm³/mol. The molecule has 0 saturated carbocycles. The quantitative estimate of drug-likeness (QED) is 0.695. The van der Waals surface area contributed by atoms with Crippen molar-refractivity contribution in [2.75, 3.05) is 5.32 Å². The van der Waals surface area contributed by atoms with Gasteiger partial charge in [-0.2, -0.15) is 0 Å². The minimum atomic E-state index is -0.574. The van der Waals surface area contributed by atoms with Gasteiger partial charge in [0.25, 0.3) is 5.91 Å². The molecule has 0 fully saturated rings. The van der Waals surface area contributed by atoms with E-state index in [0.717, 1.165) is 0 Å². The molecule has 0 atom stereocenters. The smallest absolute Gasteiger partial charge is 0.305 e. The van der Waals surface area contributed by atoms with Crippen LogP contribution in [0.3, 0.4) is 0 Å². The molecule has 1 heterocycles. The molecule has 0 radical (unpaired) electrons. The van der Waals surface area contributed by atoms with Gasteiger partial charge in [-0.1, -0.05) is 13.8 Å². The Morgan fingerprint density at radius 3 is 2.12 bits per heavy atom. The van der Waals surface area contributed by atoms with E-state index in [-0.39, 0.29) is 17.6 Å². The number of hydrogen-bond donors (Lipinski definition) is 3. The summed E-state index contributed by atoms with van der Waals surface area (Å²) in [4.78, 5) is 35.3. The Kier molecular flexibility index (Phi) is 5.75. The molecule has 3 N–H and O–H groups in total. The summed E-state index contributed by atoms with van der Waals surface area (Å²) in [6.07, 6.45) is 0. The van der Waals surface area contributed by atoms with Gasteiger partial charge in [0.2, 0.25) is 5.91 Å². The highest BCUT2D eigenvalue weighted by atomic mass is 79.9. The highest BCUT2D eigenvalue weighted by Crippen LogP contribution is 2.14. The van der Waals surface area contributed by atoms with Crippen molar-refractivity contribution in [2.45, 2.75) is 13.8 Å². The van der Waals surface area contributed by atoms with Gasteiger partial charge in [-0.25, -0.2) is 0 Å². The molecule has 0 aliphatic rings. The fourth-order valence-electron chi connectivity index (χ4n) is 1.68. The Bertz CT molecular complexity index is 753. The van der Waals surface area contributed by atoms with Crippen LogP contribution in [0.25, 0.3) is 0 Å². The van der Waals surface area contributed by atoms with Gasteiger partial charge >= 0.3 is 5.91 Å². The Morgan fingerprint density at radius 1 is 0.958 bits per heavy atom. The van der Waals surface area contributed by atoms with Crippen LogP contribution >= 0.6 is 15.9 Å². The van der Waals surface area contributed by atoms with Gasteiger partial charge in [-0.3, -0.25) is 25.2 Å². The second-order valence-electron chi connectivity index (χ2n) is 5.23. The minimum absolute atomic E-state index is 0.0638. The maximum atomic E-state index is 12.0. The lowest BCUT2D eigenvalue weighted by Crippen LogP contribution is -2.41. The van der Waals surface area contributed by atoms with Gasteiger partial charge in [0.05, 0.1) is 0 Å². The number of furan rings is 1. The molecular weight excluding hydrogens is 378 g/mol. The van der Waals surface area contributed by atoms with E-state index in [4.69, 9.17) is 4.42 Å². The summed E-state index contributed by atoms with van der Waals surface area (Å²) in [6, 6.07) is 9.35. The van der Waals surface area contributed by atoms with Crippen molar-refractivity contribution >= 4 is 39.3 Å². The van der Waals surface area contributed by atoms with Gasteiger partial charge in [0.15, 0.2) is 10.4 Å². The molecule has 0 saturated heterocycles. The zero-order valence-corrected chi connectivity index (χ0v) is 14.6. The number of carbonyl (C=O) groups is 3. The van der Waals surface area contributed by atoms with Crippen LogP contribution in [0.1, 0.15) is 34.8 Å². The fourth-order valence-corrected chi connectivity index (χ4v) is 1.98. The summed E-state index contributed by atoms with van der Waals surface area (Å²) in [5.74, 6) is -1.24. The highest BCUT2D eigenvalue weighted by Gasteiger charge is 2.13. The molecule has 3 amide bonds. The number of benzene rings is 1. The number of amides is 3. The van der Waals surface area contributed by atoms with Gasteiger partial charge in [-0.05, 0) is 52.3 Å². The molecule has 2 aromatic rings. The first-order valence-corrected chi connectivity index (χ1v) is 7.93. The summed E-state index contributed by atoms with van der Waals surface area (Å²) in [5.41, 5.74) is 5.46. The zero-order valence-electron chi connectivity index (χ0n) is 13.1. The van der Waals surface area contributed by atoms with Crippen molar-refractivity contribution < 1.29 is 18.8 Å². The molecule has 126 valence electrons. The van der Waals surface area contributed by atoms with Gasteiger partial charge in [0.1, 0.15) is 0 Å². The molecule has 0 spiro atoms. The van der Waals surface area contributed by atoms with Crippen molar-refractivity contribution in [1.82, 2.24) is 10.9 Å². The van der Waals surface area contributed by atoms with Crippen LogP contribution in [0, 0.1) is 5.92 Å². The van der Waals surface area contributed by atoms with E-state index in [0.29, 0.717) is 15.9 Å².